The van der Waals surface area contributed by atoms with Crippen molar-refractivity contribution in [2.45, 2.75) is 101 Å². The summed E-state index contributed by atoms with van der Waals surface area (Å²) in [6, 6.07) is 21.3. The van der Waals surface area contributed by atoms with Gasteiger partial charge in [0.15, 0.2) is 0 Å². The maximum absolute atomic E-state index is 15.0. The van der Waals surface area contributed by atoms with Gasteiger partial charge in [0.1, 0.15) is 6.54 Å². The average Bonchev–Trinajstić information content (AvgIpc) is 3.74. The number of allylic oxidation sites excluding steroid dienone is 6. The summed E-state index contributed by atoms with van der Waals surface area (Å²) in [4.78, 5) is 0. The summed E-state index contributed by atoms with van der Waals surface area (Å²) in [7, 11) is 0. The third-order valence-corrected chi connectivity index (χ3v) is 17.8. The van der Waals surface area contributed by atoms with Gasteiger partial charge in [0.05, 0.1) is 10.9 Å². The number of rotatable bonds is 12. The summed E-state index contributed by atoms with van der Waals surface area (Å²) in [5.74, 6) is 0. The van der Waals surface area contributed by atoms with E-state index < -0.39 is 42.4 Å². The summed E-state index contributed by atoms with van der Waals surface area (Å²) in [5, 5.41) is 9.68. The third-order valence-electron chi connectivity index (χ3n) is 12.3. The van der Waals surface area contributed by atoms with Gasteiger partial charge in [-0.2, -0.15) is 4.58 Å². The first-order valence-corrected chi connectivity index (χ1v) is 24.6. The van der Waals surface area contributed by atoms with Crippen molar-refractivity contribution in [3.63, 3.8) is 0 Å². The summed E-state index contributed by atoms with van der Waals surface area (Å²) in [6.07, 6.45) is -9.48. The van der Waals surface area contributed by atoms with Crippen molar-refractivity contribution in [2.24, 2.45) is 0 Å². The molecule has 5 aromatic rings. The van der Waals surface area contributed by atoms with Gasteiger partial charge in [0, 0.05) is 72.6 Å². The summed E-state index contributed by atoms with van der Waals surface area (Å²) >= 11 is 20.5. The first-order valence-electron chi connectivity index (χ1n) is 21.1. The van der Waals surface area contributed by atoms with Crippen LogP contribution in [0.25, 0.3) is 38.5 Å². The zero-order chi connectivity index (χ0) is 52.5. The number of alkyl halides is 15. The molecular weight excluding hydrogens is 1060 g/mol. The minimum atomic E-state index is -15.0. The van der Waals surface area contributed by atoms with Crippen LogP contribution in [0.1, 0.15) is 64.4 Å². The van der Waals surface area contributed by atoms with Crippen LogP contribution in [-0.4, -0.2) is 56.9 Å². The number of aryl methyl sites for hydroxylation is 1. The topological polar surface area (TPSA) is 7.94 Å². The number of nitrogens with zero attached hydrogens (tertiary/aromatic N) is 2. The Kier molecular flexibility index (Phi) is 14.3. The van der Waals surface area contributed by atoms with E-state index in [4.69, 9.17) is 34.8 Å². The fourth-order valence-electron chi connectivity index (χ4n) is 8.51. The van der Waals surface area contributed by atoms with Crippen LogP contribution in [-0.2, 0) is 6.54 Å². The SMILES string of the molecule is CCCCn1/c(=C/C=C2\CCCC(/C=C/C3=[N+](CCCC)c4ccc(Cl)c5cccc3c45)=C2Cl)c2cccc3c(Cl)ccc1c32.FC(F)(F)C(F)(F)[P-](F)(F)(F)(C(F)(F)C(F)(F)F)C(F)(F)C(F)(F)F. The molecule has 0 atom stereocenters. The van der Waals surface area contributed by atoms with Crippen LogP contribution in [0, 0.1) is 0 Å². The van der Waals surface area contributed by atoms with Crippen molar-refractivity contribution in [1.82, 2.24) is 4.57 Å². The summed E-state index contributed by atoms with van der Waals surface area (Å²) in [6.45, 7) is -8.57. The molecule has 1 aliphatic heterocycles. The molecule has 0 saturated carbocycles. The fourth-order valence-corrected chi connectivity index (χ4v) is 12.0. The zero-order valence-corrected chi connectivity index (χ0v) is 39.4. The molecule has 24 heteroatoms. The Morgan fingerprint density at radius 2 is 1.11 bits per heavy atom. The van der Waals surface area contributed by atoms with Crippen LogP contribution in [0.4, 0.5) is 84.1 Å². The number of hydrogen-bond acceptors (Lipinski definition) is 0. The number of hydrogen-bond donors (Lipinski definition) is 0. The van der Waals surface area contributed by atoms with Gasteiger partial charge in [-0.15, -0.1) is 0 Å². The van der Waals surface area contributed by atoms with E-state index >= 15 is 0 Å². The van der Waals surface area contributed by atoms with E-state index in [9.17, 15) is 78.4 Å². The number of aromatic nitrogens is 1. The Morgan fingerprint density at radius 1 is 0.600 bits per heavy atom. The average molecular weight is 1100 g/mol. The van der Waals surface area contributed by atoms with E-state index in [0.29, 0.717) is 0 Å². The van der Waals surface area contributed by atoms with Crippen molar-refractivity contribution in [2.75, 3.05) is 6.54 Å². The van der Waals surface area contributed by atoms with Crippen molar-refractivity contribution < 1.29 is 83.0 Å². The molecule has 70 heavy (non-hydrogen) atoms. The first kappa shape index (κ1) is 55.2. The molecule has 0 N–H and O–H groups in total. The van der Waals surface area contributed by atoms with Crippen LogP contribution in [0.2, 0.25) is 10.0 Å². The third kappa shape index (κ3) is 7.98. The molecule has 0 spiro atoms. The van der Waals surface area contributed by atoms with Crippen molar-refractivity contribution in [3.8, 4) is 0 Å². The van der Waals surface area contributed by atoms with Crippen molar-refractivity contribution in [1.29, 1.82) is 0 Å². The van der Waals surface area contributed by atoms with E-state index in [1.807, 2.05) is 12.1 Å². The van der Waals surface area contributed by atoms with Crippen LogP contribution < -0.4 is 5.35 Å². The van der Waals surface area contributed by atoms with Gasteiger partial charge in [-0.3, -0.25) is 0 Å². The molecule has 4 aromatic carbocycles. The van der Waals surface area contributed by atoms with E-state index in [0.717, 1.165) is 83.9 Å². The second-order valence-electron chi connectivity index (χ2n) is 16.7. The predicted octanol–water partition coefficient (Wildman–Crippen LogP) is 18.9. The Morgan fingerprint density at radius 3 is 1.66 bits per heavy atom. The van der Waals surface area contributed by atoms with Crippen LogP contribution in [0.5, 0.6) is 0 Å². The van der Waals surface area contributed by atoms with E-state index in [-0.39, 0.29) is 0 Å². The Balaban J connectivity index is 0.000000276. The molecule has 384 valence electrons. The van der Waals surface area contributed by atoms with E-state index in [1.165, 1.54) is 55.1 Å². The van der Waals surface area contributed by atoms with Crippen LogP contribution >= 0.6 is 41.7 Å². The fraction of sp³-hybridized carbons (Fsp3) is 0.370. The molecule has 1 aromatic heterocycles. The second-order valence-corrected chi connectivity index (χ2v) is 22.1. The monoisotopic (exact) mass is 1100 g/mol. The molecule has 0 saturated heterocycles. The van der Waals surface area contributed by atoms with Gasteiger partial charge in [-0.25, -0.2) is 0 Å². The predicted molar refractivity (Wildman–Crippen MR) is 239 cm³/mol. The van der Waals surface area contributed by atoms with Gasteiger partial charge in [-0.05, 0) is 67.2 Å². The summed E-state index contributed by atoms with van der Waals surface area (Å²) in [5.41, 5.74) is -21.9. The van der Waals surface area contributed by atoms with Crippen LogP contribution in [0.15, 0.2) is 95.1 Å². The Bertz CT molecular complexity index is 2980. The van der Waals surface area contributed by atoms with Gasteiger partial charge < -0.3 is 4.57 Å². The normalized spacial score (nSPS) is 17.7. The van der Waals surface area contributed by atoms with Gasteiger partial charge in [0.2, 0.25) is 11.4 Å². The molecule has 2 nitrogen and oxygen atoms in total. The van der Waals surface area contributed by atoms with Gasteiger partial charge in [0.25, 0.3) is 0 Å². The van der Waals surface area contributed by atoms with Crippen molar-refractivity contribution in [3.05, 3.63) is 116 Å². The quantitative estimate of drug-likeness (QED) is 0.0668. The summed E-state index contributed by atoms with van der Waals surface area (Å²) < 4.78 is 227. The van der Waals surface area contributed by atoms with Gasteiger partial charge >= 0.3 is 121 Å². The molecule has 1 aliphatic carbocycles. The molecular formula is C46H38Cl3F18N2P. The molecule has 0 amide bonds. The van der Waals surface area contributed by atoms with Gasteiger partial charge in [-0.1, -0.05) is 104 Å². The molecule has 2 aliphatic rings. The first-order chi connectivity index (χ1) is 32.1. The Hall–Kier alpha value is -4.13. The number of halogens is 21. The molecule has 0 fully saturated rings. The molecule has 7 rings (SSSR count). The van der Waals surface area contributed by atoms with E-state index in [1.54, 1.807) is 0 Å². The number of benzene rings is 4. The second kappa shape index (κ2) is 18.1. The van der Waals surface area contributed by atoms with E-state index in [2.05, 4.69) is 95.8 Å². The van der Waals surface area contributed by atoms with Crippen LogP contribution in [0.3, 0.4) is 0 Å². The zero-order valence-electron chi connectivity index (χ0n) is 36.2. The van der Waals surface area contributed by atoms with Crippen molar-refractivity contribution >= 4 is 91.6 Å². The molecule has 0 radical (unpaired) electrons. The standard InChI is InChI=1S/C40H38Cl3N2.C6F18P/c1-3-5-24-44-34(30-14-8-12-28-32(41)18-22-36(44)38(28)30)20-16-26-10-7-11-27(40(26)43)17-21-35-31-15-9-13-29-33(42)19-23-37(39(29)31)45(35)25-6-4-2;7-1(8,9)4(16,17)25(22,23,24,5(18,19)2(10,11)12)6(20,21)3(13,14)15/h8-9,12-23H,3-7,10-11,24-25H2,1-2H3;/q+1;-1. The maximum atomic E-state index is 13.4. The minimum absolute atomic E-state index is 0.802. The molecule has 0 bridgehead atoms. The number of unbranched alkanes of at least 4 members (excludes halogenated alkanes) is 2. The molecule has 0 unspecified atom stereocenters. The molecule has 2 heterocycles. The Labute approximate surface area is 401 Å².